The zero-order valence-corrected chi connectivity index (χ0v) is 32.8. The van der Waals surface area contributed by atoms with Crippen LogP contribution in [0.1, 0.15) is 100.0 Å². The number of ether oxygens (including phenoxy) is 2. The van der Waals surface area contributed by atoms with E-state index < -0.39 is 77.4 Å². The van der Waals surface area contributed by atoms with Gasteiger partial charge in [0.05, 0.1) is 7.11 Å². The molecule has 5 amide bonds. The van der Waals surface area contributed by atoms with E-state index >= 15 is 0 Å². The summed E-state index contributed by atoms with van der Waals surface area (Å²) >= 11 is 0. The lowest BCUT2D eigenvalue weighted by molar-refractivity contribution is -0.145. The Morgan fingerprint density at radius 1 is 0.673 bits per heavy atom. The Kier molecular flexibility index (Phi) is 20.0. The lowest BCUT2D eigenvalue weighted by Gasteiger charge is -2.29. The first-order valence-electron chi connectivity index (χ1n) is 18.3. The Bertz CT molecular complexity index is 1300. The fourth-order valence-electron chi connectivity index (χ4n) is 5.40. The number of alkyl carbamates (subject to hydrolysis) is 1. The molecule has 0 spiro atoms. The van der Waals surface area contributed by atoms with Crippen molar-refractivity contribution in [1.82, 2.24) is 26.6 Å². The summed E-state index contributed by atoms with van der Waals surface area (Å²) in [4.78, 5) is 79.9. The molecule has 52 heavy (non-hydrogen) atoms. The molecule has 0 bridgehead atoms. The number of carbonyl (C=O) groups excluding carboxylic acids is 6. The second-order valence-electron chi connectivity index (χ2n) is 15.4. The van der Waals surface area contributed by atoms with Crippen LogP contribution in [0.25, 0.3) is 0 Å². The van der Waals surface area contributed by atoms with Gasteiger partial charge in [-0.15, -0.1) is 0 Å². The van der Waals surface area contributed by atoms with Crippen LogP contribution in [-0.2, 0) is 39.9 Å². The first kappa shape index (κ1) is 45.8. The first-order chi connectivity index (χ1) is 24.3. The predicted molar refractivity (Wildman–Crippen MR) is 200 cm³/mol. The van der Waals surface area contributed by atoms with Gasteiger partial charge in [-0.1, -0.05) is 71.9 Å². The molecule has 14 heteroatoms. The van der Waals surface area contributed by atoms with Crippen LogP contribution in [0.3, 0.4) is 0 Å². The molecular weight excluding hydrogens is 668 g/mol. The standard InChI is InChI=1S/C38H64N6O8/c1-23(2)20-28(33(46)42-30(36(49)51-10)22-26-16-12-11-13-17-26)41-35(48)31(25(5)6)44-32(45)27(18-14-15-19-39)40-34(47)29(21-24(3)4)43-37(50)52-38(7,8)9/h11-13,16-17,23-25,27-31H,14-15,18-22,39H2,1-10H3,(H,40,47)(H,41,48)(H,42,46)(H,43,50)(H,44,45)/t27-,28-,29-,30-,31+/m0/s1. The van der Waals surface area contributed by atoms with E-state index in [2.05, 4.69) is 26.6 Å². The van der Waals surface area contributed by atoms with Crippen molar-refractivity contribution in [3.8, 4) is 0 Å². The molecule has 294 valence electrons. The summed E-state index contributed by atoms with van der Waals surface area (Å²) < 4.78 is 10.3. The van der Waals surface area contributed by atoms with E-state index in [1.807, 2.05) is 58.0 Å². The monoisotopic (exact) mass is 732 g/mol. The summed E-state index contributed by atoms with van der Waals surface area (Å²) in [6, 6.07) is 4.05. The van der Waals surface area contributed by atoms with Crippen LogP contribution in [0.15, 0.2) is 30.3 Å². The normalized spacial score (nSPS) is 14.4. The van der Waals surface area contributed by atoms with E-state index in [1.165, 1.54) is 7.11 Å². The molecule has 14 nitrogen and oxygen atoms in total. The highest BCUT2D eigenvalue weighted by molar-refractivity contribution is 5.96. The molecule has 0 saturated heterocycles. The number of esters is 1. The SMILES string of the molecule is COC(=O)[C@H](Cc1ccccc1)NC(=O)[C@H](CC(C)C)NC(=O)[C@H](NC(=O)[C@H](CCCCN)NC(=O)[C@H](CC(C)C)NC(=O)OC(C)(C)C)C(C)C. The Morgan fingerprint density at radius 3 is 1.65 bits per heavy atom. The molecule has 1 aromatic rings. The zero-order chi connectivity index (χ0) is 39.6. The number of hydrogen-bond donors (Lipinski definition) is 6. The Morgan fingerprint density at radius 2 is 1.17 bits per heavy atom. The highest BCUT2D eigenvalue weighted by atomic mass is 16.6. The Labute approximate surface area is 309 Å². The lowest BCUT2D eigenvalue weighted by atomic mass is 9.98. The number of nitrogens with one attached hydrogen (secondary N) is 5. The number of methoxy groups -OCH3 is 1. The molecule has 0 unspecified atom stereocenters. The molecule has 0 saturated carbocycles. The molecule has 7 N–H and O–H groups in total. The summed E-state index contributed by atoms with van der Waals surface area (Å²) in [6.45, 7) is 16.6. The van der Waals surface area contributed by atoms with Crippen LogP contribution >= 0.6 is 0 Å². The van der Waals surface area contributed by atoms with Gasteiger partial charge in [-0.05, 0) is 82.7 Å². The minimum atomic E-state index is -1.07. The van der Waals surface area contributed by atoms with Crippen LogP contribution in [0, 0.1) is 17.8 Å². The van der Waals surface area contributed by atoms with Gasteiger partial charge in [0.25, 0.3) is 0 Å². The second-order valence-corrected chi connectivity index (χ2v) is 15.4. The van der Waals surface area contributed by atoms with Crippen molar-refractivity contribution >= 4 is 35.7 Å². The topological polar surface area (TPSA) is 207 Å². The molecule has 0 aliphatic rings. The maximum absolute atomic E-state index is 13.8. The van der Waals surface area contributed by atoms with Crippen LogP contribution in [0.2, 0.25) is 0 Å². The van der Waals surface area contributed by atoms with Crippen molar-refractivity contribution in [2.75, 3.05) is 13.7 Å². The molecule has 0 aromatic heterocycles. The van der Waals surface area contributed by atoms with Gasteiger partial charge in [0.2, 0.25) is 23.6 Å². The Hall–Kier alpha value is -4.20. The van der Waals surface area contributed by atoms with Crippen LogP contribution < -0.4 is 32.3 Å². The molecule has 1 aromatic carbocycles. The van der Waals surface area contributed by atoms with E-state index in [9.17, 15) is 28.8 Å². The molecule has 0 heterocycles. The number of amides is 5. The van der Waals surface area contributed by atoms with E-state index in [0.29, 0.717) is 25.8 Å². The van der Waals surface area contributed by atoms with Crippen molar-refractivity contribution in [2.45, 2.75) is 137 Å². The average molecular weight is 733 g/mol. The van der Waals surface area contributed by atoms with Crippen LogP contribution in [0.5, 0.6) is 0 Å². The first-order valence-corrected chi connectivity index (χ1v) is 18.3. The van der Waals surface area contributed by atoms with Crippen LogP contribution in [-0.4, -0.2) is 85.2 Å². The van der Waals surface area contributed by atoms with Gasteiger partial charge in [-0.25, -0.2) is 9.59 Å². The molecule has 1 rings (SSSR count). The third-order valence-corrected chi connectivity index (χ3v) is 7.97. The van der Waals surface area contributed by atoms with E-state index in [1.54, 1.807) is 34.6 Å². The molecule has 5 atom stereocenters. The number of unbranched alkanes of at least 4 members (excludes halogenated alkanes) is 1. The van der Waals surface area contributed by atoms with Crippen molar-refractivity contribution < 1.29 is 38.2 Å². The fraction of sp³-hybridized carbons (Fsp3) is 0.684. The summed E-state index contributed by atoms with van der Waals surface area (Å²) in [5.41, 5.74) is 5.73. The summed E-state index contributed by atoms with van der Waals surface area (Å²) in [6.07, 6.45) is 1.33. The van der Waals surface area contributed by atoms with Gasteiger partial charge in [-0.3, -0.25) is 19.2 Å². The fourth-order valence-corrected chi connectivity index (χ4v) is 5.40. The van der Waals surface area contributed by atoms with Gasteiger partial charge in [-0.2, -0.15) is 0 Å². The number of nitrogens with two attached hydrogens (primary N) is 1. The second kappa shape index (κ2) is 22.7. The maximum Gasteiger partial charge on any atom is 0.408 e. The van der Waals surface area contributed by atoms with Gasteiger partial charge >= 0.3 is 12.1 Å². The average Bonchev–Trinajstić information content (AvgIpc) is 3.04. The van der Waals surface area contributed by atoms with Gasteiger partial charge in [0, 0.05) is 6.42 Å². The minimum Gasteiger partial charge on any atom is -0.467 e. The van der Waals surface area contributed by atoms with Gasteiger partial charge < -0.3 is 41.8 Å². The van der Waals surface area contributed by atoms with Crippen molar-refractivity contribution in [1.29, 1.82) is 0 Å². The van der Waals surface area contributed by atoms with Crippen molar-refractivity contribution in [2.24, 2.45) is 23.5 Å². The van der Waals surface area contributed by atoms with E-state index in [0.717, 1.165) is 5.56 Å². The smallest absolute Gasteiger partial charge is 0.408 e. The molecule has 0 radical (unpaired) electrons. The highest BCUT2D eigenvalue weighted by Crippen LogP contribution is 2.13. The third kappa shape index (κ3) is 17.8. The Balaban J connectivity index is 3.23. The summed E-state index contributed by atoms with van der Waals surface area (Å²) in [7, 11) is 1.24. The van der Waals surface area contributed by atoms with Crippen molar-refractivity contribution in [3.05, 3.63) is 35.9 Å². The lowest BCUT2D eigenvalue weighted by Crippen LogP contribution is -2.60. The number of hydrogen-bond acceptors (Lipinski definition) is 9. The van der Waals surface area contributed by atoms with Crippen LogP contribution in [0.4, 0.5) is 4.79 Å². The summed E-state index contributed by atoms with van der Waals surface area (Å²) in [5.74, 6) is -3.35. The summed E-state index contributed by atoms with van der Waals surface area (Å²) in [5, 5.41) is 13.7. The zero-order valence-electron chi connectivity index (χ0n) is 32.8. The molecule has 0 aliphatic carbocycles. The van der Waals surface area contributed by atoms with E-state index in [4.69, 9.17) is 15.2 Å². The van der Waals surface area contributed by atoms with Gasteiger partial charge in [0.15, 0.2) is 0 Å². The number of rotatable bonds is 21. The molecular formula is C38H64N6O8. The molecule has 0 fully saturated rings. The molecule has 0 aliphatic heterocycles. The predicted octanol–water partition coefficient (Wildman–Crippen LogP) is 3.11. The van der Waals surface area contributed by atoms with Gasteiger partial charge in [0.1, 0.15) is 35.8 Å². The maximum atomic E-state index is 13.8. The number of benzene rings is 1. The van der Waals surface area contributed by atoms with Crippen molar-refractivity contribution in [3.63, 3.8) is 0 Å². The highest BCUT2D eigenvalue weighted by Gasteiger charge is 2.34. The number of carbonyl (C=O) groups is 6. The quantitative estimate of drug-likeness (QED) is 0.0810. The third-order valence-electron chi connectivity index (χ3n) is 7.97. The van der Waals surface area contributed by atoms with E-state index in [-0.39, 0.29) is 31.1 Å². The minimum absolute atomic E-state index is 0.0101. The largest absolute Gasteiger partial charge is 0.467 e.